The predicted octanol–water partition coefficient (Wildman–Crippen LogP) is 1.86. The van der Waals surface area contributed by atoms with Gasteiger partial charge in [0.05, 0.1) is 0 Å². The van der Waals surface area contributed by atoms with Crippen LogP contribution in [0.1, 0.15) is 23.0 Å². The molecule has 88 valence electrons. The first-order valence-corrected chi connectivity index (χ1v) is 5.25. The van der Waals surface area contributed by atoms with E-state index in [0.717, 1.165) is 6.07 Å². The van der Waals surface area contributed by atoms with E-state index < -0.39 is 5.82 Å². The quantitative estimate of drug-likeness (QED) is 0.650. The predicted molar refractivity (Wildman–Crippen MR) is 62.1 cm³/mol. The molecule has 0 atom stereocenters. The average molecular weight is 233 g/mol. The number of hydrogen-bond donors (Lipinski definition) is 1. The van der Waals surface area contributed by atoms with E-state index in [2.05, 4.69) is 5.10 Å². The first kappa shape index (κ1) is 11.3. The SMILES string of the molecule is CCn1nccc1C(=O)c1cc(F)ccc1N. The molecule has 2 rings (SSSR count). The van der Waals surface area contributed by atoms with Crippen LogP contribution in [-0.2, 0) is 6.54 Å². The number of halogens is 1. The second kappa shape index (κ2) is 4.37. The Morgan fingerprint density at radius 1 is 1.47 bits per heavy atom. The highest BCUT2D eigenvalue weighted by atomic mass is 19.1. The molecular weight excluding hydrogens is 221 g/mol. The van der Waals surface area contributed by atoms with Crippen molar-refractivity contribution in [1.82, 2.24) is 9.78 Å². The Morgan fingerprint density at radius 3 is 2.94 bits per heavy atom. The van der Waals surface area contributed by atoms with E-state index in [1.165, 1.54) is 18.3 Å². The molecule has 0 fully saturated rings. The molecule has 17 heavy (non-hydrogen) atoms. The Balaban J connectivity index is 2.47. The molecule has 5 heteroatoms. The number of carbonyl (C=O) groups is 1. The van der Waals surface area contributed by atoms with Crippen LogP contribution in [0.15, 0.2) is 30.5 Å². The smallest absolute Gasteiger partial charge is 0.213 e. The lowest BCUT2D eigenvalue weighted by molar-refractivity contribution is 0.102. The van der Waals surface area contributed by atoms with Gasteiger partial charge in [0.1, 0.15) is 11.5 Å². The minimum atomic E-state index is -0.481. The highest BCUT2D eigenvalue weighted by molar-refractivity contribution is 6.11. The van der Waals surface area contributed by atoms with Crippen molar-refractivity contribution in [3.63, 3.8) is 0 Å². The van der Waals surface area contributed by atoms with E-state index in [9.17, 15) is 9.18 Å². The van der Waals surface area contributed by atoms with Crippen LogP contribution >= 0.6 is 0 Å². The maximum Gasteiger partial charge on any atom is 0.213 e. The Hall–Kier alpha value is -2.17. The van der Waals surface area contributed by atoms with Gasteiger partial charge in [-0.3, -0.25) is 9.48 Å². The number of rotatable bonds is 3. The van der Waals surface area contributed by atoms with Crippen molar-refractivity contribution in [3.05, 3.63) is 47.5 Å². The van der Waals surface area contributed by atoms with Crippen molar-refractivity contribution in [2.75, 3.05) is 5.73 Å². The minimum Gasteiger partial charge on any atom is -0.398 e. The van der Waals surface area contributed by atoms with Crippen molar-refractivity contribution in [2.45, 2.75) is 13.5 Å². The molecule has 2 aromatic rings. The Bertz CT molecular complexity index is 563. The average Bonchev–Trinajstić information content (AvgIpc) is 2.79. The summed E-state index contributed by atoms with van der Waals surface area (Å²) in [6.07, 6.45) is 1.53. The minimum absolute atomic E-state index is 0.167. The van der Waals surface area contributed by atoms with Gasteiger partial charge in [-0.1, -0.05) is 0 Å². The van der Waals surface area contributed by atoms with Gasteiger partial charge in [-0.25, -0.2) is 4.39 Å². The van der Waals surface area contributed by atoms with Gasteiger partial charge in [-0.15, -0.1) is 0 Å². The van der Waals surface area contributed by atoms with Crippen LogP contribution in [-0.4, -0.2) is 15.6 Å². The first-order valence-electron chi connectivity index (χ1n) is 5.25. The van der Waals surface area contributed by atoms with Crippen LogP contribution in [0.2, 0.25) is 0 Å². The third-order valence-corrected chi connectivity index (χ3v) is 2.51. The topological polar surface area (TPSA) is 60.9 Å². The van der Waals surface area contributed by atoms with Gasteiger partial charge < -0.3 is 5.73 Å². The lowest BCUT2D eigenvalue weighted by atomic mass is 10.1. The van der Waals surface area contributed by atoms with Gasteiger partial charge in [0, 0.05) is 24.0 Å². The molecule has 0 saturated heterocycles. The van der Waals surface area contributed by atoms with E-state index in [4.69, 9.17) is 5.73 Å². The van der Waals surface area contributed by atoms with Gasteiger partial charge >= 0.3 is 0 Å². The van der Waals surface area contributed by atoms with Crippen molar-refractivity contribution >= 4 is 11.5 Å². The third kappa shape index (κ3) is 2.04. The van der Waals surface area contributed by atoms with E-state index in [-0.39, 0.29) is 17.0 Å². The first-order chi connectivity index (χ1) is 8.13. The number of benzene rings is 1. The summed E-state index contributed by atoms with van der Waals surface area (Å²) < 4.78 is 14.6. The molecule has 0 radical (unpaired) electrons. The van der Waals surface area contributed by atoms with Crippen LogP contribution in [0.5, 0.6) is 0 Å². The van der Waals surface area contributed by atoms with Gasteiger partial charge in [0.2, 0.25) is 5.78 Å². The number of nitrogens with two attached hydrogens (primary N) is 1. The highest BCUT2D eigenvalue weighted by Gasteiger charge is 2.16. The fraction of sp³-hybridized carbons (Fsp3) is 0.167. The molecule has 0 bridgehead atoms. The summed E-state index contributed by atoms with van der Waals surface area (Å²) in [6, 6.07) is 5.35. The Morgan fingerprint density at radius 2 is 2.24 bits per heavy atom. The van der Waals surface area contributed by atoms with Gasteiger partial charge in [-0.05, 0) is 31.2 Å². The molecule has 0 amide bonds. The standard InChI is InChI=1S/C12H12FN3O/c1-2-16-11(5-6-15-16)12(17)9-7-8(13)3-4-10(9)14/h3-7H,2,14H2,1H3. The van der Waals surface area contributed by atoms with Crippen LogP contribution in [0.4, 0.5) is 10.1 Å². The fourth-order valence-corrected chi connectivity index (χ4v) is 1.64. The zero-order chi connectivity index (χ0) is 12.4. The zero-order valence-electron chi connectivity index (χ0n) is 9.35. The molecule has 1 aromatic carbocycles. The summed E-state index contributed by atoms with van der Waals surface area (Å²) in [5.74, 6) is -0.800. The normalized spacial score (nSPS) is 10.5. The molecule has 1 aromatic heterocycles. The largest absolute Gasteiger partial charge is 0.398 e. The molecule has 0 aliphatic heterocycles. The summed E-state index contributed by atoms with van der Waals surface area (Å²) in [6.45, 7) is 2.45. The molecule has 0 aliphatic rings. The molecule has 2 N–H and O–H groups in total. The maximum atomic E-state index is 13.1. The van der Waals surface area contributed by atoms with E-state index in [0.29, 0.717) is 12.2 Å². The van der Waals surface area contributed by atoms with Gasteiger partial charge in [0.25, 0.3) is 0 Å². The van der Waals surface area contributed by atoms with Crippen LogP contribution in [0.3, 0.4) is 0 Å². The molecule has 4 nitrogen and oxygen atoms in total. The molecule has 0 saturated carbocycles. The number of aromatic nitrogens is 2. The summed E-state index contributed by atoms with van der Waals surface area (Å²) in [4.78, 5) is 12.2. The van der Waals surface area contributed by atoms with Crippen molar-refractivity contribution < 1.29 is 9.18 Å². The van der Waals surface area contributed by atoms with Gasteiger partial charge in [-0.2, -0.15) is 5.10 Å². The number of aryl methyl sites for hydroxylation is 1. The van der Waals surface area contributed by atoms with Crippen molar-refractivity contribution in [2.24, 2.45) is 0 Å². The zero-order valence-corrected chi connectivity index (χ0v) is 9.35. The molecule has 1 heterocycles. The number of hydrogen-bond acceptors (Lipinski definition) is 3. The van der Waals surface area contributed by atoms with Crippen LogP contribution < -0.4 is 5.73 Å². The molecular formula is C12H12FN3O. The number of ketones is 1. The molecule has 0 spiro atoms. The van der Waals surface area contributed by atoms with E-state index in [1.807, 2.05) is 6.92 Å². The van der Waals surface area contributed by atoms with E-state index >= 15 is 0 Å². The van der Waals surface area contributed by atoms with Crippen molar-refractivity contribution in [3.8, 4) is 0 Å². The summed E-state index contributed by atoms with van der Waals surface area (Å²) in [5.41, 5.74) is 6.51. The highest BCUT2D eigenvalue weighted by Crippen LogP contribution is 2.17. The third-order valence-electron chi connectivity index (χ3n) is 2.51. The Labute approximate surface area is 97.9 Å². The number of nitrogen functional groups attached to an aromatic ring is 1. The van der Waals surface area contributed by atoms with E-state index in [1.54, 1.807) is 10.7 Å². The van der Waals surface area contributed by atoms with Crippen molar-refractivity contribution in [1.29, 1.82) is 0 Å². The second-order valence-corrected chi connectivity index (χ2v) is 3.59. The molecule has 0 unspecified atom stereocenters. The van der Waals surface area contributed by atoms with Crippen LogP contribution in [0, 0.1) is 5.82 Å². The summed E-state index contributed by atoms with van der Waals surface area (Å²) in [7, 11) is 0. The number of anilines is 1. The number of carbonyl (C=O) groups excluding carboxylic acids is 1. The summed E-state index contributed by atoms with van der Waals surface area (Å²) >= 11 is 0. The fourth-order valence-electron chi connectivity index (χ4n) is 1.64. The lowest BCUT2D eigenvalue weighted by Crippen LogP contribution is -2.12. The van der Waals surface area contributed by atoms with Gasteiger partial charge in [0.15, 0.2) is 0 Å². The molecule has 0 aliphatic carbocycles. The Kier molecular flexibility index (Phi) is 2.91. The monoisotopic (exact) mass is 233 g/mol. The van der Waals surface area contributed by atoms with Crippen LogP contribution in [0.25, 0.3) is 0 Å². The maximum absolute atomic E-state index is 13.1. The lowest BCUT2D eigenvalue weighted by Gasteiger charge is -2.06. The number of nitrogens with zero attached hydrogens (tertiary/aromatic N) is 2. The second-order valence-electron chi connectivity index (χ2n) is 3.59. The summed E-state index contributed by atoms with van der Waals surface area (Å²) in [5, 5.41) is 3.99.